The van der Waals surface area contributed by atoms with Gasteiger partial charge < -0.3 is 15.6 Å². The Hall–Kier alpha value is -1.69. The van der Waals surface area contributed by atoms with Gasteiger partial charge in [-0.05, 0) is 19.4 Å². The highest BCUT2D eigenvalue weighted by molar-refractivity contribution is 5.82. The third-order valence-corrected chi connectivity index (χ3v) is 3.11. The normalized spacial score (nSPS) is 21.3. The molecule has 3 heterocycles. The van der Waals surface area contributed by atoms with Crippen molar-refractivity contribution in [1.29, 1.82) is 0 Å². The molecule has 0 saturated carbocycles. The molecule has 1 atom stereocenters. The largest absolute Gasteiger partial charge is 0.364 e. The zero-order valence-electron chi connectivity index (χ0n) is 9.61. The van der Waals surface area contributed by atoms with Gasteiger partial charge in [0.15, 0.2) is 11.5 Å². The van der Waals surface area contributed by atoms with Gasteiger partial charge in [-0.3, -0.25) is 0 Å². The Labute approximate surface area is 99.3 Å². The number of nitrogens with one attached hydrogen (secondary N) is 3. The highest BCUT2D eigenvalue weighted by Crippen LogP contribution is 2.17. The monoisotopic (exact) mass is 232 g/mol. The van der Waals surface area contributed by atoms with Gasteiger partial charge in [-0.2, -0.15) is 0 Å². The smallest absolute Gasteiger partial charge is 0.182 e. The van der Waals surface area contributed by atoms with Crippen molar-refractivity contribution in [3.63, 3.8) is 0 Å². The van der Waals surface area contributed by atoms with E-state index in [2.05, 4.69) is 30.6 Å². The van der Waals surface area contributed by atoms with E-state index in [4.69, 9.17) is 0 Å². The van der Waals surface area contributed by atoms with Gasteiger partial charge in [-0.15, -0.1) is 0 Å². The molecule has 1 aliphatic heterocycles. The lowest BCUT2D eigenvalue weighted by Crippen LogP contribution is -2.31. The summed E-state index contributed by atoms with van der Waals surface area (Å²) in [6.07, 6.45) is 6.88. The zero-order chi connectivity index (χ0) is 11.5. The predicted molar refractivity (Wildman–Crippen MR) is 65.8 cm³/mol. The number of hydrogen-bond donors (Lipinski definition) is 3. The van der Waals surface area contributed by atoms with E-state index < -0.39 is 0 Å². The molecule has 2 aromatic rings. The van der Waals surface area contributed by atoms with Crippen LogP contribution in [-0.2, 0) is 0 Å². The number of hydrogen-bond acceptors (Lipinski definition) is 5. The summed E-state index contributed by atoms with van der Waals surface area (Å²) in [5.41, 5.74) is 1.60. The summed E-state index contributed by atoms with van der Waals surface area (Å²) in [6.45, 7) is 2.10. The molecule has 1 aliphatic rings. The Morgan fingerprint density at radius 2 is 2.24 bits per heavy atom. The second-order valence-corrected chi connectivity index (χ2v) is 4.36. The summed E-state index contributed by atoms with van der Waals surface area (Å²) in [5.74, 6) is 0.848. The topological polar surface area (TPSA) is 78.5 Å². The van der Waals surface area contributed by atoms with E-state index in [1.807, 2.05) is 0 Å². The van der Waals surface area contributed by atoms with Gasteiger partial charge in [-0.25, -0.2) is 15.0 Å². The summed E-state index contributed by atoms with van der Waals surface area (Å²) in [4.78, 5) is 15.6. The average molecular weight is 232 g/mol. The Bertz CT molecular complexity index is 485. The van der Waals surface area contributed by atoms with Gasteiger partial charge in [0, 0.05) is 12.6 Å². The maximum absolute atomic E-state index is 4.28. The first-order chi connectivity index (χ1) is 8.43. The molecule has 1 fully saturated rings. The average Bonchev–Trinajstić information content (AvgIpc) is 2.69. The molecule has 0 radical (unpaired) electrons. The van der Waals surface area contributed by atoms with Crippen LogP contribution in [0.5, 0.6) is 0 Å². The second kappa shape index (κ2) is 4.67. The predicted octanol–water partition coefficient (Wildman–Crippen LogP) is 0.907. The van der Waals surface area contributed by atoms with Gasteiger partial charge in [0.25, 0.3) is 0 Å². The number of imidazole rings is 1. The van der Waals surface area contributed by atoms with Gasteiger partial charge in [0.05, 0.1) is 6.33 Å². The minimum atomic E-state index is 0.430. The summed E-state index contributed by atoms with van der Waals surface area (Å²) in [7, 11) is 0. The molecule has 3 N–H and O–H groups in total. The standard InChI is InChI=1S/C11H16N6/c1-2-4-12-5-8(3-1)17-11-9-10(14-6-13-9)15-7-16-11/h6-8,12H,1-5H2,(H2,13,14,15,16,17). The summed E-state index contributed by atoms with van der Waals surface area (Å²) in [5, 5.41) is 6.89. The van der Waals surface area contributed by atoms with Crippen LogP contribution in [0.4, 0.5) is 5.82 Å². The van der Waals surface area contributed by atoms with Crippen molar-refractivity contribution >= 4 is 17.0 Å². The number of nitrogens with zero attached hydrogens (tertiary/aromatic N) is 3. The zero-order valence-corrected chi connectivity index (χ0v) is 9.61. The van der Waals surface area contributed by atoms with Gasteiger partial charge in [0.1, 0.15) is 11.8 Å². The van der Waals surface area contributed by atoms with Crippen molar-refractivity contribution in [2.24, 2.45) is 0 Å². The Morgan fingerprint density at radius 3 is 3.24 bits per heavy atom. The quantitative estimate of drug-likeness (QED) is 0.717. The number of aromatic amines is 1. The first kappa shape index (κ1) is 10.5. The molecule has 6 heteroatoms. The fourth-order valence-electron chi connectivity index (χ4n) is 2.21. The number of aromatic nitrogens is 4. The number of anilines is 1. The van der Waals surface area contributed by atoms with E-state index in [9.17, 15) is 0 Å². The first-order valence-corrected chi connectivity index (χ1v) is 6.05. The Morgan fingerprint density at radius 1 is 1.24 bits per heavy atom. The maximum atomic E-state index is 4.28. The van der Waals surface area contributed by atoms with E-state index in [1.165, 1.54) is 19.3 Å². The van der Waals surface area contributed by atoms with Crippen LogP contribution < -0.4 is 10.6 Å². The van der Waals surface area contributed by atoms with Crippen molar-refractivity contribution in [2.75, 3.05) is 18.4 Å². The summed E-state index contributed by atoms with van der Waals surface area (Å²) < 4.78 is 0. The van der Waals surface area contributed by atoms with Crippen molar-refractivity contribution in [2.45, 2.75) is 25.3 Å². The van der Waals surface area contributed by atoms with Crippen molar-refractivity contribution in [3.8, 4) is 0 Å². The van der Waals surface area contributed by atoms with Gasteiger partial charge in [-0.1, -0.05) is 6.42 Å². The molecule has 0 spiro atoms. The fourth-order valence-corrected chi connectivity index (χ4v) is 2.21. The lowest BCUT2D eigenvalue weighted by molar-refractivity contribution is 0.634. The first-order valence-electron chi connectivity index (χ1n) is 6.05. The van der Waals surface area contributed by atoms with Crippen LogP contribution in [0.1, 0.15) is 19.3 Å². The molecular formula is C11H16N6. The lowest BCUT2D eigenvalue weighted by Gasteiger charge is -2.16. The molecule has 90 valence electrons. The Kier molecular flexibility index (Phi) is 2.87. The number of rotatable bonds is 2. The van der Waals surface area contributed by atoms with Crippen LogP contribution in [0.15, 0.2) is 12.7 Å². The fraction of sp³-hybridized carbons (Fsp3) is 0.545. The summed E-state index contributed by atoms with van der Waals surface area (Å²) >= 11 is 0. The van der Waals surface area contributed by atoms with Gasteiger partial charge >= 0.3 is 0 Å². The minimum absolute atomic E-state index is 0.430. The van der Waals surface area contributed by atoms with Crippen molar-refractivity contribution < 1.29 is 0 Å². The Balaban J connectivity index is 1.81. The van der Waals surface area contributed by atoms with E-state index >= 15 is 0 Å². The molecule has 6 nitrogen and oxygen atoms in total. The van der Waals surface area contributed by atoms with Crippen LogP contribution in [0.25, 0.3) is 11.2 Å². The van der Waals surface area contributed by atoms with Crippen molar-refractivity contribution in [3.05, 3.63) is 12.7 Å². The molecule has 2 aromatic heterocycles. The van der Waals surface area contributed by atoms with Crippen LogP contribution in [-0.4, -0.2) is 39.1 Å². The third-order valence-electron chi connectivity index (χ3n) is 3.11. The van der Waals surface area contributed by atoms with E-state index in [1.54, 1.807) is 12.7 Å². The molecule has 1 unspecified atom stereocenters. The highest BCUT2D eigenvalue weighted by atomic mass is 15.1. The SMILES string of the molecule is c1nc(NC2CCCCNC2)c2[nH]cnc2n1. The maximum Gasteiger partial charge on any atom is 0.182 e. The number of fused-ring (bicyclic) bond motifs is 1. The van der Waals surface area contributed by atoms with Crippen LogP contribution >= 0.6 is 0 Å². The lowest BCUT2D eigenvalue weighted by atomic mass is 10.1. The third kappa shape index (κ3) is 2.21. The molecule has 0 aliphatic carbocycles. The number of H-pyrrole nitrogens is 1. The minimum Gasteiger partial charge on any atom is -0.364 e. The van der Waals surface area contributed by atoms with E-state index in [0.29, 0.717) is 11.7 Å². The molecule has 0 aromatic carbocycles. The molecule has 0 bridgehead atoms. The molecule has 0 amide bonds. The second-order valence-electron chi connectivity index (χ2n) is 4.36. The van der Waals surface area contributed by atoms with E-state index in [0.717, 1.165) is 24.4 Å². The van der Waals surface area contributed by atoms with Gasteiger partial charge in [0.2, 0.25) is 0 Å². The van der Waals surface area contributed by atoms with E-state index in [-0.39, 0.29) is 0 Å². The molecule has 17 heavy (non-hydrogen) atoms. The van der Waals surface area contributed by atoms with Crippen LogP contribution in [0.2, 0.25) is 0 Å². The van der Waals surface area contributed by atoms with Crippen molar-refractivity contribution in [1.82, 2.24) is 25.3 Å². The molecular weight excluding hydrogens is 216 g/mol. The van der Waals surface area contributed by atoms with Crippen LogP contribution in [0, 0.1) is 0 Å². The highest BCUT2D eigenvalue weighted by Gasteiger charge is 2.14. The molecule has 1 saturated heterocycles. The van der Waals surface area contributed by atoms with Crippen LogP contribution in [0.3, 0.4) is 0 Å². The molecule has 3 rings (SSSR count). The summed E-state index contributed by atoms with van der Waals surface area (Å²) in [6, 6.07) is 0.430.